The maximum atomic E-state index is 13.3. The Labute approximate surface area is 287 Å². The number of hydrogen-bond donors (Lipinski definition) is 2. The average Bonchev–Trinajstić information content (AvgIpc) is 3.34. The van der Waals surface area contributed by atoms with Crippen LogP contribution in [-0.4, -0.2) is 77.1 Å². The van der Waals surface area contributed by atoms with Gasteiger partial charge in [-0.3, -0.25) is 14.2 Å². The Morgan fingerprint density at radius 3 is 2.27 bits per heavy atom. The summed E-state index contributed by atoms with van der Waals surface area (Å²) in [5, 5.41) is 8.74. The first-order valence-corrected chi connectivity index (χ1v) is 25.6. The van der Waals surface area contributed by atoms with Crippen LogP contribution in [-0.2, 0) is 41.2 Å². The fourth-order valence-corrected chi connectivity index (χ4v) is 7.34. The third-order valence-electron chi connectivity index (χ3n) is 7.91. The number of carboxylic acid groups (broad SMARTS) is 1. The number of carboxylic acids is 1. The van der Waals surface area contributed by atoms with Crippen LogP contribution in [0.3, 0.4) is 0 Å². The molecule has 11 nitrogen and oxygen atoms in total. The van der Waals surface area contributed by atoms with Crippen molar-refractivity contribution in [3.05, 3.63) is 46.1 Å². The molecular formula is C34H55O11PSi2. The summed E-state index contributed by atoms with van der Waals surface area (Å²) < 4.78 is 40.4. The summed E-state index contributed by atoms with van der Waals surface area (Å²) in [4.78, 5) is 46.8. The molecule has 1 aromatic rings. The van der Waals surface area contributed by atoms with Gasteiger partial charge in [0, 0.05) is 27.3 Å². The molecular weight excluding hydrogens is 672 g/mol. The molecule has 1 aliphatic heterocycles. The highest BCUT2D eigenvalue weighted by Crippen LogP contribution is 2.44. The van der Waals surface area contributed by atoms with E-state index in [9.17, 15) is 23.8 Å². The number of carbonyl (C=O) groups is 3. The summed E-state index contributed by atoms with van der Waals surface area (Å²) in [5.41, 5.74) is 3.72. The number of benzene rings is 1. The van der Waals surface area contributed by atoms with E-state index in [1.54, 1.807) is 13.2 Å². The van der Waals surface area contributed by atoms with Crippen molar-refractivity contribution in [3.63, 3.8) is 0 Å². The highest BCUT2D eigenvalue weighted by Gasteiger charge is 2.33. The van der Waals surface area contributed by atoms with Crippen LogP contribution in [0.5, 0.6) is 11.5 Å². The molecule has 14 heteroatoms. The summed E-state index contributed by atoms with van der Waals surface area (Å²) in [7, 11) is -5.26. The highest BCUT2D eigenvalue weighted by atomic mass is 31.2. The molecule has 270 valence electrons. The van der Waals surface area contributed by atoms with Crippen LogP contribution in [0.4, 0.5) is 0 Å². The topological polar surface area (TPSA) is 155 Å². The minimum absolute atomic E-state index is 0.172. The van der Waals surface area contributed by atoms with Gasteiger partial charge in [-0.15, -0.1) is 0 Å². The molecule has 2 atom stereocenters. The van der Waals surface area contributed by atoms with Crippen molar-refractivity contribution in [2.45, 2.75) is 97.5 Å². The quantitative estimate of drug-likeness (QED) is 0.0564. The average molecular weight is 727 g/mol. The molecule has 2 N–H and O–H groups in total. The van der Waals surface area contributed by atoms with Gasteiger partial charge in [0.05, 0.1) is 45.4 Å². The van der Waals surface area contributed by atoms with Gasteiger partial charge in [0.1, 0.15) is 23.7 Å². The second-order valence-electron chi connectivity index (χ2n) is 14.7. The van der Waals surface area contributed by atoms with Crippen molar-refractivity contribution in [3.8, 4) is 11.5 Å². The number of ether oxygens (including phenoxy) is 4. The summed E-state index contributed by atoms with van der Waals surface area (Å²) in [6.07, 6.45) is 5.49. The molecule has 0 aliphatic carbocycles. The highest BCUT2D eigenvalue weighted by molar-refractivity contribution is 7.53. The van der Waals surface area contributed by atoms with E-state index < -0.39 is 41.6 Å². The predicted molar refractivity (Wildman–Crippen MR) is 192 cm³/mol. The van der Waals surface area contributed by atoms with Crippen molar-refractivity contribution in [2.24, 2.45) is 5.92 Å². The number of rotatable bonds is 21. The number of fused-ring (bicyclic) bond motifs is 1. The summed E-state index contributed by atoms with van der Waals surface area (Å²) in [5.74, 6) is -1.29. The standard InChI is InChI=1S/C34H55O11PSi2/c1-24(13-14-27-31(41-3)25(2)28-23-44-34(38)30(28)32(27)42-17-20-47(4,5)6)22-26(33(37)43-18-21-48(7,8)9)12-10-11-19-46(39,40)45-16-15-29(35)36/h10-11,13,26H,12,14-23H2,1-9H3,(H,35,36)(H,39,40). The number of allylic oxidation sites excluding steroid dienone is 4. The number of aliphatic carboxylic acids is 1. The summed E-state index contributed by atoms with van der Waals surface area (Å²) in [6.45, 7) is 17.9. The number of esters is 2. The Bertz CT molecular complexity index is 1410. The van der Waals surface area contributed by atoms with Gasteiger partial charge in [-0.1, -0.05) is 63.1 Å². The largest absolute Gasteiger partial charge is 0.496 e. The molecule has 0 radical (unpaired) electrons. The molecule has 1 aromatic carbocycles. The Balaban J connectivity index is 2.31. The smallest absolute Gasteiger partial charge is 0.342 e. The Hall–Kier alpha value is -2.71. The van der Waals surface area contributed by atoms with E-state index in [1.165, 1.54) is 6.08 Å². The number of carbonyl (C=O) groups excluding carboxylic acids is 2. The van der Waals surface area contributed by atoms with Crippen molar-refractivity contribution < 1.29 is 52.4 Å². The second-order valence-corrected chi connectivity index (χ2v) is 27.8. The number of hydrogen-bond acceptors (Lipinski definition) is 9. The van der Waals surface area contributed by atoms with E-state index in [2.05, 4.69) is 39.3 Å². The van der Waals surface area contributed by atoms with E-state index in [0.717, 1.165) is 34.4 Å². The minimum atomic E-state index is -4.01. The Morgan fingerprint density at radius 2 is 1.67 bits per heavy atom. The monoisotopic (exact) mass is 726 g/mol. The molecule has 0 saturated carbocycles. The van der Waals surface area contributed by atoms with Crippen LogP contribution in [0.25, 0.3) is 0 Å². The maximum absolute atomic E-state index is 13.3. The first kappa shape index (κ1) is 41.5. The zero-order chi connectivity index (χ0) is 36.3. The SMILES string of the molecule is COc1c(C)c2c(c(OCC[Si](C)(C)C)c1CC=C(C)CC(CC=CCP(=O)(O)OCCC(=O)O)C(=O)OCC[Si](C)(C)C)C(=O)OC2. The zero-order valence-corrected chi connectivity index (χ0v) is 33.0. The lowest BCUT2D eigenvalue weighted by molar-refractivity contribution is -0.148. The molecule has 2 rings (SSSR count). The van der Waals surface area contributed by atoms with E-state index in [-0.39, 0.29) is 38.2 Å². The lowest BCUT2D eigenvalue weighted by Gasteiger charge is -2.22. The van der Waals surface area contributed by atoms with E-state index in [1.807, 2.05) is 19.9 Å². The molecule has 0 aromatic heterocycles. The van der Waals surface area contributed by atoms with Crippen LogP contribution < -0.4 is 9.47 Å². The molecule has 0 fully saturated rings. The van der Waals surface area contributed by atoms with E-state index in [0.29, 0.717) is 43.1 Å². The van der Waals surface area contributed by atoms with Crippen molar-refractivity contribution in [1.29, 1.82) is 0 Å². The molecule has 1 aliphatic rings. The third kappa shape index (κ3) is 14.0. The first-order valence-electron chi connectivity index (χ1n) is 16.4. The Morgan fingerprint density at radius 1 is 1.02 bits per heavy atom. The van der Waals surface area contributed by atoms with Crippen LogP contribution in [0, 0.1) is 12.8 Å². The van der Waals surface area contributed by atoms with Gasteiger partial charge in [-0.2, -0.15) is 0 Å². The van der Waals surface area contributed by atoms with E-state index in [4.69, 9.17) is 28.6 Å². The van der Waals surface area contributed by atoms with Crippen LogP contribution in [0.2, 0.25) is 51.4 Å². The van der Waals surface area contributed by atoms with Gasteiger partial charge in [0.25, 0.3) is 0 Å². The zero-order valence-electron chi connectivity index (χ0n) is 30.1. The first-order chi connectivity index (χ1) is 22.2. The van der Waals surface area contributed by atoms with Crippen molar-refractivity contribution in [2.75, 3.05) is 33.1 Å². The van der Waals surface area contributed by atoms with Crippen LogP contribution in [0.15, 0.2) is 23.8 Å². The lowest BCUT2D eigenvalue weighted by Crippen LogP contribution is -2.25. The predicted octanol–water partition coefficient (Wildman–Crippen LogP) is 7.39. The second kappa shape index (κ2) is 18.3. The molecule has 48 heavy (non-hydrogen) atoms. The normalized spacial score (nSPS) is 15.5. The number of methoxy groups -OCH3 is 1. The Kier molecular flexibility index (Phi) is 15.8. The van der Waals surface area contributed by atoms with Gasteiger partial charge >= 0.3 is 25.5 Å². The lowest BCUT2D eigenvalue weighted by atomic mass is 9.93. The van der Waals surface area contributed by atoms with Crippen molar-refractivity contribution in [1.82, 2.24) is 0 Å². The summed E-state index contributed by atoms with van der Waals surface area (Å²) in [6, 6.07) is 1.74. The molecule has 0 spiro atoms. The van der Waals surface area contributed by atoms with Gasteiger partial charge in [0.15, 0.2) is 0 Å². The molecule has 2 unspecified atom stereocenters. The third-order valence-corrected chi connectivity index (χ3v) is 12.6. The number of cyclic esters (lactones) is 1. The van der Waals surface area contributed by atoms with Crippen molar-refractivity contribution >= 4 is 41.7 Å². The van der Waals surface area contributed by atoms with Gasteiger partial charge < -0.3 is 33.5 Å². The fraction of sp³-hybridized carbons (Fsp3) is 0.618. The summed E-state index contributed by atoms with van der Waals surface area (Å²) >= 11 is 0. The molecule has 1 heterocycles. The van der Waals surface area contributed by atoms with Gasteiger partial charge in [-0.05, 0) is 50.8 Å². The van der Waals surface area contributed by atoms with Crippen LogP contribution >= 0.6 is 7.60 Å². The molecule has 0 bridgehead atoms. The fourth-order valence-electron chi connectivity index (χ4n) is 5.01. The molecule has 0 amide bonds. The van der Waals surface area contributed by atoms with Crippen LogP contribution in [0.1, 0.15) is 53.2 Å². The van der Waals surface area contributed by atoms with Gasteiger partial charge in [-0.25, -0.2) is 4.79 Å². The minimum Gasteiger partial charge on any atom is -0.496 e. The maximum Gasteiger partial charge on any atom is 0.342 e. The molecule has 0 saturated heterocycles. The van der Waals surface area contributed by atoms with Gasteiger partial charge in [0.2, 0.25) is 0 Å². The van der Waals surface area contributed by atoms with E-state index >= 15 is 0 Å².